The highest BCUT2D eigenvalue weighted by Gasteiger charge is 2.25. The van der Waals surface area contributed by atoms with Crippen molar-refractivity contribution in [2.75, 3.05) is 18.6 Å². The number of carbonyl (C=O) groups excluding carboxylic acids is 2. The van der Waals surface area contributed by atoms with Crippen LogP contribution in [0.5, 0.6) is 0 Å². The lowest BCUT2D eigenvalue weighted by Crippen LogP contribution is -2.35. The van der Waals surface area contributed by atoms with Crippen LogP contribution in [0.25, 0.3) is 0 Å². The summed E-state index contributed by atoms with van der Waals surface area (Å²) in [6.07, 6.45) is 1.80. The number of carbonyl (C=O) groups is 2. The summed E-state index contributed by atoms with van der Waals surface area (Å²) < 4.78 is 8.84. The number of hydrogen-bond acceptors (Lipinski definition) is 5. The van der Waals surface area contributed by atoms with Gasteiger partial charge in [0.25, 0.3) is 5.91 Å². The molecule has 3 rings (SSSR count). The maximum atomic E-state index is 12.5. The van der Waals surface area contributed by atoms with Gasteiger partial charge >= 0.3 is 5.97 Å². The molecule has 0 atom stereocenters. The van der Waals surface area contributed by atoms with E-state index in [2.05, 4.69) is 4.37 Å². The number of aryl methyl sites for hydroxylation is 1. The van der Waals surface area contributed by atoms with E-state index in [0.29, 0.717) is 17.8 Å². The second-order valence-corrected chi connectivity index (χ2v) is 5.45. The lowest BCUT2D eigenvalue weighted by atomic mass is 9.99. The van der Waals surface area contributed by atoms with Crippen LogP contribution < -0.4 is 4.90 Å². The van der Waals surface area contributed by atoms with Gasteiger partial charge in [0, 0.05) is 17.6 Å². The number of esters is 1. The van der Waals surface area contributed by atoms with Gasteiger partial charge in [0.2, 0.25) is 0 Å². The maximum Gasteiger partial charge on any atom is 0.337 e. The number of rotatable bonds is 2. The molecular weight excluding hydrogens is 288 g/mol. The summed E-state index contributed by atoms with van der Waals surface area (Å²) in [5.41, 5.74) is 2.74. The Kier molecular flexibility index (Phi) is 3.70. The third-order valence-electron chi connectivity index (χ3n) is 3.53. The van der Waals surface area contributed by atoms with E-state index in [4.69, 9.17) is 4.74 Å². The van der Waals surface area contributed by atoms with Crippen LogP contribution in [0.3, 0.4) is 0 Å². The molecule has 6 heteroatoms. The Bertz CT molecular complexity index is 682. The second kappa shape index (κ2) is 5.65. The first-order valence-corrected chi connectivity index (χ1v) is 7.48. The van der Waals surface area contributed by atoms with Gasteiger partial charge in [-0.1, -0.05) is 6.07 Å². The Labute approximate surface area is 126 Å². The highest BCUT2D eigenvalue weighted by atomic mass is 32.1. The number of fused-ring (bicyclic) bond motifs is 1. The smallest absolute Gasteiger partial charge is 0.337 e. The predicted molar refractivity (Wildman–Crippen MR) is 79.9 cm³/mol. The van der Waals surface area contributed by atoms with E-state index in [9.17, 15) is 9.59 Å². The quantitative estimate of drug-likeness (QED) is 0.800. The number of aromatic nitrogens is 1. The minimum Gasteiger partial charge on any atom is -0.465 e. The molecule has 1 aliphatic heterocycles. The van der Waals surface area contributed by atoms with Crippen molar-refractivity contribution in [1.82, 2.24) is 4.37 Å². The normalized spacial score (nSPS) is 13.7. The molecule has 0 spiro atoms. The van der Waals surface area contributed by atoms with Crippen molar-refractivity contribution in [3.05, 3.63) is 46.5 Å². The van der Waals surface area contributed by atoms with Crippen molar-refractivity contribution in [3.63, 3.8) is 0 Å². The van der Waals surface area contributed by atoms with Crippen molar-refractivity contribution in [2.45, 2.75) is 12.8 Å². The molecule has 0 bridgehead atoms. The molecule has 1 amide bonds. The van der Waals surface area contributed by atoms with E-state index >= 15 is 0 Å². The van der Waals surface area contributed by atoms with Gasteiger partial charge in [-0.2, -0.15) is 4.37 Å². The summed E-state index contributed by atoms with van der Waals surface area (Å²) in [6, 6.07) is 7.07. The first-order valence-electron chi connectivity index (χ1n) is 6.64. The van der Waals surface area contributed by atoms with Gasteiger partial charge in [-0.15, -0.1) is 0 Å². The summed E-state index contributed by atoms with van der Waals surface area (Å²) >= 11 is 1.25. The zero-order valence-corrected chi connectivity index (χ0v) is 12.4. The van der Waals surface area contributed by atoms with E-state index in [-0.39, 0.29) is 5.91 Å². The van der Waals surface area contributed by atoms with Crippen molar-refractivity contribution in [1.29, 1.82) is 0 Å². The molecule has 1 aromatic heterocycles. The second-order valence-electron chi connectivity index (χ2n) is 4.78. The molecule has 0 fully saturated rings. The summed E-state index contributed by atoms with van der Waals surface area (Å²) in [7, 11) is 1.35. The van der Waals surface area contributed by atoms with E-state index in [1.807, 2.05) is 6.07 Å². The molecule has 0 radical (unpaired) electrons. The molecule has 0 N–H and O–H groups in total. The Hall–Kier alpha value is -2.21. The molecule has 1 aliphatic rings. The SMILES string of the molecule is COC(=O)c1ccc2c(c1)N(C(=O)c1ccsn1)CCC2. The van der Waals surface area contributed by atoms with Crippen LogP contribution in [0.2, 0.25) is 0 Å². The fourth-order valence-electron chi connectivity index (χ4n) is 2.49. The number of hydrogen-bond donors (Lipinski definition) is 0. The van der Waals surface area contributed by atoms with E-state index in [1.54, 1.807) is 28.5 Å². The summed E-state index contributed by atoms with van der Waals surface area (Å²) in [5.74, 6) is -0.524. The largest absolute Gasteiger partial charge is 0.465 e. The van der Waals surface area contributed by atoms with Crippen LogP contribution in [0.4, 0.5) is 5.69 Å². The lowest BCUT2D eigenvalue weighted by Gasteiger charge is -2.29. The van der Waals surface area contributed by atoms with Crippen molar-refractivity contribution in [2.24, 2.45) is 0 Å². The Morgan fingerprint density at radius 1 is 1.33 bits per heavy atom. The third kappa shape index (κ3) is 2.54. The average molecular weight is 302 g/mol. The molecule has 0 saturated carbocycles. The molecule has 2 aromatic rings. The monoisotopic (exact) mass is 302 g/mol. The van der Waals surface area contributed by atoms with E-state index in [1.165, 1.54) is 18.6 Å². The van der Waals surface area contributed by atoms with Gasteiger partial charge in [0.15, 0.2) is 0 Å². The maximum absolute atomic E-state index is 12.5. The predicted octanol–water partition coefficient (Wildman–Crippen LogP) is 2.52. The molecular formula is C15H14N2O3S. The van der Waals surface area contributed by atoms with Crippen LogP contribution in [0.1, 0.15) is 32.8 Å². The number of nitrogens with zero attached hydrogens (tertiary/aromatic N) is 2. The van der Waals surface area contributed by atoms with Crippen LogP contribution in [0, 0.1) is 0 Å². The summed E-state index contributed by atoms with van der Waals surface area (Å²) in [5, 5.41) is 1.78. The molecule has 108 valence electrons. The first-order chi connectivity index (χ1) is 10.2. The molecule has 21 heavy (non-hydrogen) atoms. The highest BCUT2D eigenvalue weighted by Crippen LogP contribution is 2.29. The number of anilines is 1. The first kappa shape index (κ1) is 13.8. The Morgan fingerprint density at radius 3 is 2.90 bits per heavy atom. The lowest BCUT2D eigenvalue weighted by molar-refractivity contribution is 0.0600. The van der Waals surface area contributed by atoms with Gasteiger partial charge in [-0.05, 0) is 48.1 Å². The van der Waals surface area contributed by atoms with Crippen molar-refractivity contribution >= 4 is 29.1 Å². The fourth-order valence-corrected chi connectivity index (χ4v) is 2.99. The summed E-state index contributed by atoms with van der Waals surface area (Å²) in [4.78, 5) is 25.9. The standard InChI is InChI=1S/C15H14N2O3S/c1-20-15(19)11-5-4-10-3-2-7-17(13(10)9-11)14(18)12-6-8-21-16-12/h4-6,8-9H,2-3,7H2,1H3. The Balaban J connectivity index is 2.00. The van der Waals surface area contributed by atoms with Crippen LogP contribution in [-0.4, -0.2) is 29.9 Å². The molecule has 0 aliphatic carbocycles. The molecule has 1 aromatic carbocycles. The molecule has 0 unspecified atom stereocenters. The fraction of sp³-hybridized carbons (Fsp3) is 0.267. The van der Waals surface area contributed by atoms with Crippen LogP contribution >= 0.6 is 11.5 Å². The summed E-state index contributed by atoms with van der Waals surface area (Å²) in [6.45, 7) is 0.633. The molecule has 0 saturated heterocycles. The minimum atomic E-state index is -0.399. The average Bonchev–Trinajstić information content (AvgIpc) is 3.06. The number of amides is 1. The number of ether oxygens (including phenoxy) is 1. The minimum absolute atomic E-state index is 0.126. The third-order valence-corrected chi connectivity index (χ3v) is 4.09. The zero-order chi connectivity index (χ0) is 14.8. The van der Waals surface area contributed by atoms with Gasteiger partial charge in [0.05, 0.1) is 12.7 Å². The van der Waals surface area contributed by atoms with Gasteiger partial charge in [-0.25, -0.2) is 4.79 Å². The number of benzene rings is 1. The zero-order valence-electron chi connectivity index (χ0n) is 11.5. The topological polar surface area (TPSA) is 59.5 Å². The van der Waals surface area contributed by atoms with E-state index in [0.717, 1.165) is 24.1 Å². The van der Waals surface area contributed by atoms with Crippen LogP contribution in [-0.2, 0) is 11.2 Å². The van der Waals surface area contributed by atoms with Gasteiger partial charge in [0.1, 0.15) is 5.69 Å². The van der Waals surface area contributed by atoms with Gasteiger partial charge < -0.3 is 9.64 Å². The van der Waals surface area contributed by atoms with Crippen molar-refractivity contribution in [3.8, 4) is 0 Å². The van der Waals surface area contributed by atoms with E-state index < -0.39 is 5.97 Å². The highest BCUT2D eigenvalue weighted by molar-refractivity contribution is 7.03. The van der Waals surface area contributed by atoms with Crippen molar-refractivity contribution < 1.29 is 14.3 Å². The Morgan fingerprint density at radius 2 is 2.19 bits per heavy atom. The van der Waals surface area contributed by atoms with Gasteiger partial charge in [-0.3, -0.25) is 4.79 Å². The number of methoxy groups -OCH3 is 1. The molecule has 5 nitrogen and oxygen atoms in total. The van der Waals surface area contributed by atoms with Crippen LogP contribution in [0.15, 0.2) is 29.6 Å². The molecule has 2 heterocycles.